The van der Waals surface area contributed by atoms with E-state index in [2.05, 4.69) is 10.5 Å². The molecule has 4 rings (SSSR count). The lowest BCUT2D eigenvalue weighted by Gasteiger charge is -2.05. The molecule has 0 fully saturated rings. The number of hydrogen-bond acceptors (Lipinski definition) is 6. The molecule has 0 aliphatic rings. The first-order valence-electron chi connectivity index (χ1n) is 10.0. The Balaban J connectivity index is 1.29. The fraction of sp³-hybridized carbons (Fsp3) is 0.0800. The van der Waals surface area contributed by atoms with Gasteiger partial charge in [0.1, 0.15) is 16.4 Å². The van der Waals surface area contributed by atoms with E-state index >= 15 is 0 Å². The number of ether oxygens (including phenoxy) is 2. The van der Waals surface area contributed by atoms with Gasteiger partial charge in [-0.2, -0.15) is 5.10 Å². The molecule has 166 valence electrons. The first-order chi connectivity index (χ1) is 16.0. The molecule has 1 aromatic heterocycles. The van der Waals surface area contributed by atoms with Gasteiger partial charge in [0.05, 0.1) is 11.2 Å². The summed E-state index contributed by atoms with van der Waals surface area (Å²) in [6.07, 6.45) is 1.48. The number of fused-ring (bicyclic) bond motifs is 1. The maximum Gasteiger partial charge on any atom is 0.355 e. The molecule has 0 spiro atoms. The maximum absolute atomic E-state index is 12.5. The van der Waals surface area contributed by atoms with Gasteiger partial charge in [0.2, 0.25) is 0 Å². The largest absolute Gasteiger partial charge is 0.484 e. The number of esters is 1. The lowest BCUT2D eigenvalue weighted by atomic mass is 10.2. The van der Waals surface area contributed by atoms with Crippen molar-refractivity contribution in [2.75, 3.05) is 6.61 Å². The van der Waals surface area contributed by atoms with E-state index in [1.165, 1.54) is 17.6 Å². The van der Waals surface area contributed by atoms with Crippen molar-refractivity contribution in [3.8, 4) is 11.5 Å². The van der Waals surface area contributed by atoms with E-state index in [9.17, 15) is 9.59 Å². The highest BCUT2D eigenvalue weighted by atomic mass is 35.5. The van der Waals surface area contributed by atoms with Crippen LogP contribution in [0.1, 0.15) is 20.8 Å². The zero-order chi connectivity index (χ0) is 23.2. The van der Waals surface area contributed by atoms with E-state index in [0.717, 1.165) is 21.2 Å². The van der Waals surface area contributed by atoms with E-state index in [1.54, 1.807) is 36.4 Å². The molecule has 1 heterocycles. The van der Waals surface area contributed by atoms with Gasteiger partial charge in [-0.3, -0.25) is 4.79 Å². The number of hydrazone groups is 1. The van der Waals surface area contributed by atoms with Gasteiger partial charge in [0.25, 0.3) is 5.91 Å². The highest BCUT2D eigenvalue weighted by Crippen LogP contribution is 2.35. The van der Waals surface area contributed by atoms with Crippen LogP contribution >= 0.6 is 22.9 Å². The minimum atomic E-state index is -0.511. The van der Waals surface area contributed by atoms with Crippen LogP contribution in [0.15, 0.2) is 77.9 Å². The molecule has 33 heavy (non-hydrogen) atoms. The van der Waals surface area contributed by atoms with Crippen molar-refractivity contribution < 1.29 is 19.1 Å². The van der Waals surface area contributed by atoms with Crippen LogP contribution in [-0.4, -0.2) is 24.7 Å². The maximum atomic E-state index is 12.5. The summed E-state index contributed by atoms with van der Waals surface area (Å²) >= 11 is 7.63. The molecule has 3 aromatic carbocycles. The Labute approximate surface area is 199 Å². The summed E-state index contributed by atoms with van der Waals surface area (Å²) in [5.74, 6) is 0.101. The predicted molar refractivity (Wildman–Crippen MR) is 131 cm³/mol. The van der Waals surface area contributed by atoms with Crippen LogP contribution in [0.5, 0.6) is 11.5 Å². The number of nitrogens with zero attached hydrogens (tertiary/aromatic N) is 1. The third kappa shape index (κ3) is 5.77. The van der Waals surface area contributed by atoms with E-state index < -0.39 is 5.97 Å². The summed E-state index contributed by atoms with van der Waals surface area (Å²) < 4.78 is 11.8. The van der Waals surface area contributed by atoms with Crippen molar-refractivity contribution >= 4 is 51.1 Å². The third-order valence-electron chi connectivity index (χ3n) is 4.60. The summed E-state index contributed by atoms with van der Waals surface area (Å²) in [5.41, 5.74) is 4.24. The topological polar surface area (TPSA) is 77.0 Å². The fourth-order valence-electron chi connectivity index (χ4n) is 2.92. The molecule has 0 saturated carbocycles. The van der Waals surface area contributed by atoms with Crippen LogP contribution in [0, 0.1) is 6.92 Å². The number of amides is 1. The highest BCUT2D eigenvalue weighted by Gasteiger charge is 2.18. The molecule has 0 aliphatic heterocycles. The van der Waals surface area contributed by atoms with Crippen molar-refractivity contribution in [1.82, 2.24) is 5.43 Å². The van der Waals surface area contributed by atoms with Crippen LogP contribution in [-0.2, 0) is 4.79 Å². The van der Waals surface area contributed by atoms with E-state index in [1.807, 2.05) is 43.3 Å². The van der Waals surface area contributed by atoms with Crippen molar-refractivity contribution in [1.29, 1.82) is 0 Å². The van der Waals surface area contributed by atoms with Gasteiger partial charge in [-0.1, -0.05) is 47.5 Å². The molecule has 0 aliphatic carbocycles. The van der Waals surface area contributed by atoms with Gasteiger partial charge < -0.3 is 9.47 Å². The number of benzene rings is 3. The van der Waals surface area contributed by atoms with Crippen LogP contribution in [0.2, 0.25) is 5.02 Å². The Morgan fingerprint density at radius 3 is 2.42 bits per heavy atom. The molecule has 0 saturated heterocycles. The molecular formula is C25H19ClN2O4S. The number of halogens is 1. The molecule has 0 bridgehead atoms. The summed E-state index contributed by atoms with van der Waals surface area (Å²) in [6, 6.07) is 21.7. The molecule has 4 aromatic rings. The fourth-order valence-corrected chi connectivity index (χ4v) is 4.30. The number of nitrogens with one attached hydrogen (secondary N) is 1. The Kier molecular flexibility index (Phi) is 7.02. The Bertz CT molecular complexity index is 1310. The number of carbonyl (C=O) groups excluding carboxylic acids is 2. The van der Waals surface area contributed by atoms with Crippen LogP contribution in [0.25, 0.3) is 10.1 Å². The van der Waals surface area contributed by atoms with Crippen molar-refractivity contribution in [2.45, 2.75) is 6.92 Å². The van der Waals surface area contributed by atoms with Gasteiger partial charge in [-0.05, 0) is 55.0 Å². The van der Waals surface area contributed by atoms with Gasteiger partial charge in [0, 0.05) is 10.1 Å². The van der Waals surface area contributed by atoms with E-state index in [0.29, 0.717) is 21.4 Å². The number of carbonyl (C=O) groups is 2. The minimum Gasteiger partial charge on any atom is -0.484 e. The zero-order valence-corrected chi connectivity index (χ0v) is 19.2. The zero-order valence-electron chi connectivity index (χ0n) is 17.6. The molecule has 8 heteroatoms. The van der Waals surface area contributed by atoms with Crippen LogP contribution in [0.3, 0.4) is 0 Å². The molecule has 6 nitrogen and oxygen atoms in total. The molecule has 1 N–H and O–H groups in total. The SMILES string of the molecule is Cc1ccc(OCC(=O)N/N=C\c2ccc(OC(=O)c3sc4ccccc4c3Cl)cc2)cc1. The third-order valence-corrected chi connectivity index (χ3v) is 6.26. The van der Waals surface area contributed by atoms with Crippen LogP contribution < -0.4 is 14.9 Å². The second-order valence-electron chi connectivity index (χ2n) is 7.09. The minimum absolute atomic E-state index is 0.143. The monoisotopic (exact) mass is 478 g/mol. The van der Waals surface area contributed by atoms with Crippen molar-refractivity contribution in [3.63, 3.8) is 0 Å². The summed E-state index contributed by atoms with van der Waals surface area (Å²) in [7, 11) is 0. The van der Waals surface area contributed by atoms with E-state index in [-0.39, 0.29) is 12.5 Å². The van der Waals surface area contributed by atoms with E-state index in [4.69, 9.17) is 21.1 Å². The molecule has 0 atom stereocenters. The Hall–Kier alpha value is -3.68. The number of thiophene rings is 1. The second kappa shape index (κ2) is 10.3. The summed E-state index contributed by atoms with van der Waals surface area (Å²) in [4.78, 5) is 24.8. The average Bonchev–Trinajstić information content (AvgIpc) is 3.17. The van der Waals surface area contributed by atoms with Crippen molar-refractivity contribution in [3.05, 3.63) is 93.8 Å². The molecular weight excluding hydrogens is 460 g/mol. The first-order valence-corrected chi connectivity index (χ1v) is 11.2. The highest BCUT2D eigenvalue weighted by molar-refractivity contribution is 7.21. The Morgan fingerprint density at radius 1 is 1.00 bits per heavy atom. The predicted octanol–water partition coefficient (Wildman–Crippen LogP) is 5.61. The van der Waals surface area contributed by atoms with Gasteiger partial charge in [0.15, 0.2) is 6.61 Å². The Morgan fingerprint density at radius 2 is 1.70 bits per heavy atom. The van der Waals surface area contributed by atoms with Crippen LogP contribution in [0.4, 0.5) is 0 Å². The van der Waals surface area contributed by atoms with Gasteiger partial charge >= 0.3 is 5.97 Å². The van der Waals surface area contributed by atoms with Gasteiger partial charge in [-0.15, -0.1) is 11.3 Å². The number of rotatable bonds is 7. The van der Waals surface area contributed by atoms with Crippen molar-refractivity contribution in [2.24, 2.45) is 5.10 Å². The summed E-state index contributed by atoms with van der Waals surface area (Å²) in [5, 5.41) is 5.14. The number of aryl methyl sites for hydroxylation is 1. The molecule has 0 unspecified atom stereocenters. The molecule has 1 amide bonds. The normalized spacial score (nSPS) is 11.0. The number of hydrogen-bond donors (Lipinski definition) is 1. The summed E-state index contributed by atoms with van der Waals surface area (Å²) in [6.45, 7) is 1.83. The lowest BCUT2D eigenvalue weighted by Crippen LogP contribution is -2.24. The molecule has 0 radical (unpaired) electrons. The second-order valence-corrected chi connectivity index (χ2v) is 8.52. The average molecular weight is 479 g/mol. The smallest absolute Gasteiger partial charge is 0.355 e. The first kappa shape index (κ1) is 22.5. The quantitative estimate of drug-likeness (QED) is 0.162. The standard InChI is InChI=1S/C25H19ClN2O4S/c1-16-6-10-18(11-7-16)31-15-22(29)28-27-14-17-8-12-19(13-9-17)32-25(30)24-23(26)20-4-2-3-5-21(20)33-24/h2-14H,15H2,1H3,(H,28,29)/b27-14-. The van der Waals surface area contributed by atoms with Gasteiger partial charge in [-0.25, -0.2) is 10.2 Å². The lowest BCUT2D eigenvalue weighted by molar-refractivity contribution is -0.123.